The van der Waals surface area contributed by atoms with Crippen LogP contribution < -0.4 is 14.8 Å². The van der Waals surface area contributed by atoms with Crippen LogP contribution in [-0.4, -0.2) is 28.9 Å². The number of benzene rings is 1. The molecule has 0 unspecified atom stereocenters. The summed E-state index contributed by atoms with van der Waals surface area (Å²) >= 11 is 0. The zero-order valence-corrected chi connectivity index (χ0v) is 14.1. The number of nitrogens with one attached hydrogen (secondary N) is 1. The van der Waals surface area contributed by atoms with Crippen molar-refractivity contribution in [3.8, 4) is 11.5 Å². The third kappa shape index (κ3) is 5.30. The summed E-state index contributed by atoms with van der Waals surface area (Å²) in [6.07, 6.45) is 2.88. The summed E-state index contributed by atoms with van der Waals surface area (Å²) in [6.45, 7) is 0.920. The topological polar surface area (TPSA) is 65.4 Å². The third-order valence-electron chi connectivity index (χ3n) is 3.16. The summed E-state index contributed by atoms with van der Waals surface area (Å²) < 4.78 is 36.0. The second-order valence-electron chi connectivity index (χ2n) is 5.13. The molecule has 1 amide bonds. The summed E-state index contributed by atoms with van der Waals surface area (Å²) in [5.74, 6) is 0.369. The molecule has 134 valence electrons. The van der Waals surface area contributed by atoms with Crippen molar-refractivity contribution in [1.29, 1.82) is 0 Å². The minimum absolute atomic E-state index is 0.0520. The third-order valence-corrected chi connectivity index (χ3v) is 3.16. The maximum absolute atomic E-state index is 12.4. The first-order chi connectivity index (χ1) is 11.9. The van der Waals surface area contributed by atoms with Gasteiger partial charge in [-0.2, -0.15) is 13.9 Å². The van der Waals surface area contributed by atoms with Crippen LogP contribution in [0.3, 0.4) is 0 Å². The minimum atomic E-state index is -2.94. The van der Waals surface area contributed by atoms with Gasteiger partial charge in [0.1, 0.15) is 5.82 Å². The number of rotatable bonds is 7. The van der Waals surface area contributed by atoms with E-state index < -0.39 is 6.61 Å². The van der Waals surface area contributed by atoms with Crippen LogP contribution in [-0.2, 0) is 11.8 Å². The Hall–Kier alpha value is -2.90. The fraction of sp³-hybridized carbons (Fsp3) is 0.294. The van der Waals surface area contributed by atoms with Gasteiger partial charge in [0.2, 0.25) is 5.91 Å². The normalized spacial score (nSPS) is 11.1. The van der Waals surface area contributed by atoms with Crippen molar-refractivity contribution in [2.45, 2.75) is 20.5 Å². The van der Waals surface area contributed by atoms with Crippen molar-refractivity contribution in [2.24, 2.45) is 7.05 Å². The molecule has 0 fully saturated rings. The van der Waals surface area contributed by atoms with Crippen LogP contribution in [0.1, 0.15) is 18.2 Å². The predicted molar refractivity (Wildman–Crippen MR) is 89.9 cm³/mol. The van der Waals surface area contributed by atoms with Crippen LogP contribution in [0, 0.1) is 6.92 Å². The molecule has 0 aliphatic carbocycles. The van der Waals surface area contributed by atoms with Crippen LogP contribution in [0.2, 0.25) is 0 Å². The van der Waals surface area contributed by atoms with Gasteiger partial charge in [-0.25, -0.2) is 0 Å². The molecule has 1 aromatic carbocycles. The summed E-state index contributed by atoms with van der Waals surface area (Å²) in [4.78, 5) is 12.0. The molecule has 2 aromatic rings. The number of aryl methyl sites for hydroxylation is 2. The van der Waals surface area contributed by atoms with Gasteiger partial charge < -0.3 is 14.8 Å². The number of ether oxygens (including phenoxy) is 2. The van der Waals surface area contributed by atoms with Gasteiger partial charge in [0.05, 0.1) is 12.3 Å². The number of amides is 1. The fourth-order valence-electron chi connectivity index (χ4n) is 2.16. The molecule has 1 N–H and O–H groups in total. The van der Waals surface area contributed by atoms with Gasteiger partial charge in [-0.1, -0.05) is 6.07 Å². The molecule has 0 radical (unpaired) electrons. The molecule has 0 saturated carbocycles. The minimum Gasteiger partial charge on any atom is -0.490 e. The molecule has 0 bridgehead atoms. The maximum atomic E-state index is 12.4. The van der Waals surface area contributed by atoms with Crippen LogP contribution in [0.15, 0.2) is 30.3 Å². The molecule has 0 spiro atoms. The molecule has 8 heteroatoms. The molecule has 1 heterocycles. The standard InChI is InChI=1S/C17H19F2N3O3/c1-4-24-14-10-12(5-7-13(14)25-17(18)19)6-8-16(23)20-15-9-11(2)21-22(15)3/h5-10,17H,4H2,1-3H3,(H,20,23)/b8-6+. The average Bonchev–Trinajstić information content (AvgIpc) is 2.85. The number of carbonyl (C=O) groups is 1. The Morgan fingerprint density at radius 2 is 2.12 bits per heavy atom. The Morgan fingerprint density at radius 3 is 2.72 bits per heavy atom. The van der Waals surface area contributed by atoms with E-state index in [1.165, 1.54) is 18.2 Å². The molecule has 0 aliphatic rings. The summed E-state index contributed by atoms with van der Waals surface area (Å²) in [5.41, 5.74) is 1.40. The van der Waals surface area contributed by atoms with Crippen LogP contribution in [0.5, 0.6) is 11.5 Å². The first-order valence-electron chi connectivity index (χ1n) is 7.60. The Labute approximate surface area is 144 Å². The van der Waals surface area contributed by atoms with Crippen LogP contribution in [0.4, 0.5) is 14.6 Å². The predicted octanol–water partition coefficient (Wildman–Crippen LogP) is 3.38. The number of hydrogen-bond acceptors (Lipinski definition) is 4. The monoisotopic (exact) mass is 351 g/mol. The summed E-state index contributed by atoms with van der Waals surface area (Å²) in [6, 6.07) is 6.20. The average molecular weight is 351 g/mol. The second-order valence-corrected chi connectivity index (χ2v) is 5.13. The van der Waals surface area contributed by atoms with E-state index in [0.29, 0.717) is 18.0 Å². The van der Waals surface area contributed by atoms with Crippen LogP contribution >= 0.6 is 0 Å². The lowest BCUT2D eigenvalue weighted by molar-refractivity contribution is -0.111. The number of anilines is 1. The molecule has 0 saturated heterocycles. The van der Waals surface area contributed by atoms with Crippen molar-refractivity contribution in [1.82, 2.24) is 9.78 Å². The largest absolute Gasteiger partial charge is 0.490 e. The number of aromatic nitrogens is 2. The van der Waals surface area contributed by atoms with Gasteiger partial charge in [-0.05, 0) is 37.6 Å². The summed E-state index contributed by atoms with van der Waals surface area (Å²) in [7, 11) is 1.72. The van der Waals surface area contributed by atoms with Crippen molar-refractivity contribution in [3.63, 3.8) is 0 Å². The number of halogens is 2. The molecule has 25 heavy (non-hydrogen) atoms. The van der Waals surface area contributed by atoms with E-state index in [2.05, 4.69) is 15.2 Å². The highest BCUT2D eigenvalue weighted by molar-refractivity contribution is 6.01. The highest BCUT2D eigenvalue weighted by Gasteiger charge is 2.11. The van der Waals surface area contributed by atoms with Crippen molar-refractivity contribution in [3.05, 3.63) is 41.6 Å². The van der Waals surface area contributed by atoms with E-state index in [4.69, 9.17) is 4.74 Å². The van der Waals surface area contributed by atoms with Crippen molar-refractivity contribution in [2.75, 3.05) is 11.9 Å². The molecular formula is C17H19F2N3O3. The Morgan fingerprint density at radius 1 is 1.36 bits per heavy atom. The van der Waals surface area contributed by atoms with E-state index in [-0.39, 0.29) is 17.4 Å². The first-order valence-corrected chi connectivity index (χ1v) is 7.60. The van der Waals surface area contributed by atoms with E-state index in [1.54, 1.807) is 36.9 Å². The summed E-state index contributed by atoms with van der Waals surface area (Å²) in [5, 5.41) is 6.83. The molecular weight excluding hydrogens is 332 g/mol. The molecule has 2 rings (SSSR count). The van der Waals surface area contributed by atoms with E-state index in [0.717, 1.165) is 5.69 Å². The van der Waals surface area contributed by atoms with Crippen molar-refractivity contribution >= 4 is 17.8 Å². The van der Waals surface area contributed by atoms with Crippen molar-refractivity contribution < 1.29 is 23.0 Å². The molecule has 6 nitrogen and oxygen atoms in total. The molecule has 1 aromatic heterocycles. The highest BCUT2D eigenvalue weighted by atomic mass is 19.3. The number of carbonyl (C=O) groups excluding carboxylic acids is 1. The highest BCUT2D eigenvalue weighted by Crippen LogP contribution is 2.30. The first kappa shape index (κ1) is 18.4. The SMILES string of the molecule is CCOc1cc(/C=C/C(=O)Nc2cc(C)nn2C)ccc1OC(F)F. The molecule has 0 atom stereocenters. The number of hydrogen-bond donors (Lipinski definition) is 1. The van der Waals surface area contributed by atoms with E-state index in [1.807, 2.05) is 6.92 Å². The van der Waals surface area contributed by atoms with Gasteiger partial charge in [0, 0.05) is 19.2 Å². The lowest BCUT2D eigenvalue weighted by atomic mass is 10.2. The zero-order chi connectivity index (χ0) is 18.4. The number of nitrogens with zero attached hydrogens (tertiary/aromatic N) is 2. The lowest BCUT2D eigenvalue weighted by Crippen LogP contribution is -2.11. The number of alkyl halides is 2. The van der Waals surface area contributed by atoms with Gasteiger partial charge >= 0.3 is 6.61 Å². The fourth-order valence-corrected chi connectivity index (χ4v) is 2.16. The van der Waals surface area contributed by atoms with Gasteiger partial charge in [-0.3, -0.25) is 9.48 Å². The van der Waals surface area contributed by atoms with E-state index >= 15 is 0 Å². The van der Waals surface area contributed by atoms with Gasteiger partial charge in [-0.15, -0.1) is 0 Å². The van der Waals surface area contributed by atoms with Gasteiger partial charge in [0.25, 0.3) is 0 Å². The lowest BCUT2D eigenvalue weighted by Gasteiger charge is -2.11. The zero-order valence-electron chi connectivity index (χ0n) is 14.1. The Bertz CT molecular complexity index is 772. The van der Waals surface area contributed by atoms with Gasteiger partial charge in [0.15, 0.2) is 11.5 Å². The Balaban J connectivity index is 2.10. The molecule has 0 aliphatic heterocycles. The Kier molecular flexibility index (Phi) is 6.10. The van der Waals surface area contributed by atoms with Crippen LogP contribution in [0.25, 0.3) is 6.08 Å². The quantitative estimate of drug-likeness (QED) is 0.777. The smallest absolute Gasteiger partial charge is 0.387 e. The van der Waals surface area contributed by atoms with E-state index in [9.17, 15) is 13.6 Å². The second kappa shape index (κ2) is 8.27. The maximum Gasteiger partial charge on any atom is 0.387 e.